The van der Waals surface area contributed by atoms with Crippen LogP contribution in [0.3, 0.4) is 0 Å². The van der Waals surface area contributed by atoms with E-state index in [1.807, 2.05) is 25.4 Å². The second kappa shape index (κ2) is 5.92. The minimum absolute atomic E-state index is 0.488. The fourth-order valence-corrected chi connectivity index (χ4v) is 2.70. The molecule has 0 saturated heterocycles. The maximum absolute atomic E-state index is 5.72. The van der Waals surface area contributed by atoms with Gasteiger partial charge in [0.2, 0.25) is 5.16 Å². The predicted molar refractivity (Wildman–Crippen MR) is 79.4 cm³/mol. The number of nitrogens with two attached hydrogens (primary N) is 1. The number of pyridine rings is 1. The van der Waals surface area contributed by atoms with Crippen LogP contribution < -0.4 is 5.73 Å². The summed E-state index contributed by atoms with van der Waals surface area (Å²) in [7, 11) is 1.82. The minimum atomic E-state index is 0.488. The van der Waals surface area contributed by atoms with E-state index in [1.165, 1.54) is 0 Å². The molecule has 0 bridgehead atoms. The van der Waals surface area contributed by atoms with Crippen molar-refractivity contribution in [2.75, 3.05) is 11.5 Å². The SMILES string of the molecule is Cn1nnnc1SCCn1ccnc1-c1ccnc(N)c1. The molecule has 0 spiro atoms. The van der Waals surface area contributed by atoms with Gasteiger partial charge < -0.3 is 10.3 Å². The minimum Gasteiger partial charge on any atom is -0.384 e. The molecule has 3 aromatic heterocycles. The topological polar surface area (TPSA) is 100 Å². The standard InChI is InChI=1S/C12H14N8S/c1-19-12(16-17-18-19)21-7-6-20-5-4-15-11(20)9-2-3-14-10(13)8-9/h2-5,8H,6-7H2,1H3,(H2,13,14). The summed E-state index contributed by atoms with van der Waals surface area (Å²) in [5, 5.41) is 12.2. The number of anilines is 1. The number of rotatable bonds is 5. The van der Waals surface area contributed by atoms with Crippen molar-refractivity contribution < 1.29 is 0 Å². The molecule has 2 N–H and O–H groups in total. The molecule has 0 aliphatic heterocycles. The van der Waals surface area contributed by atoms with Crippen LogP contribution >= 0.6 is 11.8 Å². The quantitative estimate of drug-likeness (QED) is 0.697. The lowest BCUT2D eigenvalue weighted by Crippen LogP contribution is -2.03. The Bertz CT molecular complexity index is 734. The first kappa shape index (κ1) is 13.6. The van der Waals surface area contributed by atoms with Gasteiger partial charge >= 0.3 is 0 Å². The third-order valence-electron chi connectivity index (χ3n) is 2.90. The van der Waals surface area contributed by atoms with Gasteiger partial charge in [0.1, 0.15) is 11.6 Å². The summed E-state index contributed by atoms with van der Waals surface area (Å²) in [6, 6.07) is 3.72. The van der Waals surface area contributed by atoms with Crippen LogP contribution in [0.2, 0.25) is 0 Å². The van der Waals surface area contributed by atoms with Gasteiger partial charge in [-0.1, -0.05) is 11.8 Å². The Morgan fingerprint density at radius 1 is 1.29 bits per heavy atom. The zero-order chi connectivity index (χ0) is 14.7. The Morgan fingerprint density at radius 3 is 2.95 bits per heavy atom. The van der Waals surface area contributed by atoms with Crippen LogP contribution in [-0.4, -0.2) is 40.5 Å². The van der Waals surface area contributed by atoms with Crippen LogP contribution in [0, 0.1) is 0 Å². The van der Waals surface area contributed by atoms with E-state index in [2.05, 4.69) is 30.1 Å². The number of nitrogens with zero attached hydrogens (tertiary/aromatic N) is 7. The first-order valence-corrected chi connectivity index (χ1v) is 7.31. The van der Waals surface area contributed by atoms with Crippen molar-refractivity contribution in [1.82, 2.24) is 34.7 Å². The van der Waals surface area contributed by atoms with E-state index in [-0.39, 0.29) is 0 Å². The summed E-state index contributed by atoms with van der Waals surface area (Å²) >= 11 is 1.60. The van der Waals surface area contributed by atoms with Crippen molar-refractivity contribution in [3.63, 3.8) is 0 Å². The first-order valence-electron chi connectivity index (χ1n) is 6.32. The lowest BCUT2D eigenvalue weighted by atomic mass is 10.2. The molecule has 0 radical (unpaired) electrons. The maximum Gasteiger partial charge on any atom is 0.209 e. The molecule has 0 aliphatic carbocycles. The summed E-state index contributed by atoms with van der Waals surface area (Å²) < 4.78 is 3.73. The number of nitrogen functional groups attached to an aromatic ring is 1. The van der Waals surface area contributed by atoms with Crippen molar-refractivity contribution in [1.29, 1.82) is 0 Å². The zero-order valence-corrected chi connectivity index (χ0v) is 12.2. The molecule has 0 saturated carbocycles. The summed E-state index contributed by atoms with van der Waals surface area (Å²) in [4.78, 5) is 8.38. The normalized spacial score (nSPS) is 10.9. The number of tetrazole rings is 1. The Balaban J connectivity index is 1.70. The van der Waals surface area contributed by atoms with Gasteiger partial charge in [0.25, 0.3) is 0 Å². The number of hydrogen-bond donors (Lipinski definition) is 1. The third kappa shape index (κ3) is 3.02. The van der Waals surface area contributed by atoms with Crippen molar-refractivity contribution >= 4 is 17.6 Å². The summed E-state index contributed by atoms with van der Waals surface area (Å²) in [6.45, 7) is 0.801. The average molecular weight is 302 g/mol. The Morgan fingerprint density at radius 2 is 2.19 bits per heavy atom. The smallest absolute Gasteiger partial charge is 0.209 e. The third-order valence-corrected chi connectivity index (χ3v) is 3.89. The van der Waals surface area contributed by atoms with Crippen molar-refractivity contribution in [2.24, 2.45) is 7.05 Å². The highest BCUT2D eigenvalue weighted by Crippen LogP contribution is 2.20. The second-order valence-electron chi connectivity index (χ2n) is 4.35. The highest BCUT2D eigenvalue weighted by molar-refractivity contribution is 7.99. The van der Waals surface area contributed by atoms with E-state index in [0.717, 1.165) is 28.8 Å². The molecule has 0 aliphatic rings. The van der Waals surface area contributed by atoms with E-state index >= 15 is 0 Å². The molecule has 3 aromatic rings. The number of aromatic nitrogens is 7. The van der Waals surface area contributed by atoms with E-state index in [0.29, 0.717) is 5.82 Å². The van der Waals surface area contributed by atoms with Crippen LogP contribution in [0.5, 0.6) is 0 Å². The van der Waals surface area contributed by atoms with Crippen LogP contribution in [0.25, 0.3) is 11.4 Å². The second-order valence-corrected chi connectivity index (χ2v) is 5.41. The maximum atomic E-state index is 5.72. The lowest BCUT2D eigenvalue weighted by molar-refractivity contribution is 0.663. The van der Waals surface area contributed by atoms with Gasteiger partial charge in [-0.2, -0.15) is 0 Å². The molecule has 3 heterocycles. The van der Waals surface area contributed by atoms with E-state index < -0.39 is 0 Å². The Labute approximate surface area is 125 Å². The summed E-state index contributed by atoms with van der Waals surface area (Å²) in [6.07, 6.45) is 5.41. The van der Waals surface area contributed by atoms with Gasteiger partial charge in [-0.05, 0) is 22.6 Å². The molecule has 108 valence electrons. The fourth-order valence-electron chi connectivity index (χ4n) is 1.92. The largest absolute Gasteiger partial charge is 0.384 e. The highest BCUT2D eigenvalue weighted by atomic mass is 32.2. The molecule has 3 rings (SSSR count). The number of imidazole rings is 1. The van der Waals surface area contributed by atoms with Crippen LogP contribution in [-0.2, 0) is 13.6 Å². The van der Waals surface area contributed by atoms with Gasteiger partial charge in [0, 0.05) is 43.5 Å². The van der Waals surface area contributed by atoms with Crippen LogP contribution in [0.1, 0.15) is 0 Å². The fraction of sp³-hybridized carbons (Fsp3) is 0.250. The molecule has 21 heavy (non-hydrogen) atoms. The van der Waals surface area contributed by atoms with Gasteiger partial charge in [-0.3, -0.25) is 0 Å². The molecule has 0 unspecified atom stereocenters. The monoisotopic (exact) mass is 302 g/mol. The first-order chi connectivity index (χ1) is 10.2. The van der Waals surface area contributed by atoms with Crippen molar-refractivity contribution in [3.05, 3.63) is 30.7 Å². The van der Waals surface area contributed by atoms with Gasteiger partial charge in [0.05, 0.1) is 0 Å². The van der Waals surface area contributed by atoms with Gasteiger partial charge in [0.15, 0.2) is 0 Å². The summed E-state index contributed by atoms with van der Waals surface area (Å²) in [5.74, 6) is 2.21. The Kier molecular flexibility index (Phi) is 3.82. The molecular formula is C12H14N8S. The molecule has 0 aromatic carbocycles. The average Bonchev–Trinajstić information content (AvgIpc) is 3.09. The molecule has 9 heteroatoms. The van der Waals surface area contributed by atoms with Crippen molar-refractivity contribution in [3.8, 4) is 11.4 Å². The summed E-state index contributed by atoms with van der Waals surface area (Å²) in [5.41, 5.74) is 6.67. The number of thioether (sulfide) groups is 1. The van der Waals surface area contributed by atoms with E-state index in [9.17, 15) is 0 Å². The molecule has 0 amide bonds. The molecule has 8 nitrogen and oxygen atoms in total. The molecule has 0 fully saturated rings. The van der Waals surface area contributed by atoms with Gasteiger partial charge in [-0.15, -0.1) is 5.10 Å². The molecule has 0 atom stereocenters. The van der Waals surface area contributed by atoms with Crippen molar-refractivity contribution in [2.45, 2.75) is 11.7 Å². The lowest BCUT2D eigenvalue weighted by Gasteiger charge is -2.07. The molecular weight excluding hydrogens is 288 g/mol. The number of aryl methyl sites for hydroxylation is 2. The van der Waals surface area contributed by atoms with E-state index in [1.54, 1.807) is 28.8 Å². The van der Waals surface area contributed by atoms with Crippen LogP contribution in [0.15, 0.2) is 35.9 Å². The van der Waals surface area contributed by atoms with Gasteiger partial charge in [-0.25, -0.2) is 14.6 Å². The Hall–Kier alpha value is -2.42. The number of hydrogen-bond acceptors (Lipinski definition) is 7. The van der Waals surface area contributed by atoms with E-state index in [4.69, 9.17) is 5.73 Å². The van der Waals surface area contributed by atoms with Crippen LogP contribution in [0.4, 0.5) is 5.82 Å². The zero-order valence-electron chi connectivity index (χ0n) is 11.4. The highest BCUT2D eigenvalue weighted by Gasteiger charge is 2.08. The predicted octanol–water partition coefficient (Wildman–Crippen LogP) is 0.843.